The number of pyridine rings is 1. The standard InChI is InChI=1S/C33H36F6N4O2/c1-22-19-42(20-23(2)45-22)12-11-41-13-14-43(30(21-41)15-24-3-5-28(6-4-24)32(34,35)36)31(44)27-16-26(25-7-9-40-10-8-25)17-29(18-27)33(37,38)39/h3-10,16-18,22-23,30H,11-15,19-21H2,1-2H3/t22?,23?,30-/m1/s1. The predicted molar refractivity (Wildman–Crippen MR) is 158 cm³/mol. The Kier molecular flexibility index (Phi) is 9.85. The maximum atomic E-state index is 14.0. The molecule has 2 unspecified atom stereocenters. The number of aromatic nitrogens is 1. The molecule has 0 N–H and O–H groups in total. The lowest BCUT2D eigenvalue weighted by Crippen LogP contribution is -2.57. The first-order chi connectivity index (χ1) is 21.3. The van der Waals surface area contributed by atoms with Gasteiger partial charge in [0.15, 0.2) is 0 Å². The van der Waals surface area contributed by atoms with E-state index in [2.05, 4.69) is 14.8 Å². The van der Waals surface area contributed by atoms with Crippen LogP contribution in [0.25, 0.3) is 11.1 Å². The van der Waals surface area contributed by atoms with E-state index in [0.717, 1.165) is 43.9 Å². The fraction of sp³-hybridized carbons (Fsp3) is 0.455. The molecule has 3 aromatic rings. The lowest BCUT2D eigenvalue weighted by atomic mass is 9.97. The molecule has 1 aromatic heterocycles. The Hall–Kier alpha value is -3.48. The minimum atomic E-state index is -4.68. The summed E-state index contributed by atoms with van der Waals surface area (Å²) in [5, 5.41) is 0. The van der Waals surface area contributed by atoms with Crippen molar-refractivity contribution in [2.24, 2.45) is 0 Å². The Balaban J connectivity index is 1.40. The van der Waals surface area contributed by atoms with E-state index < -0.39 is 35.4 Å². The van der Waals surface area contributed by atoms with Crippen molar-refractivity contribution < 1.29 is 35.9 Å². The second kappa shape index (κ2) is 13.5. The van der Waals surface area contributed by atoms with Gasteiger partial charge in [0.05, 0.1) is 23.3 Å². The van der Waals surface area contributed by atoms with Gasteiger partial charge in [0.1, 0.15) is 0 Å². The van der Waals surface area contributed by atoms with E-state index in [-0.39, 0.29) is 36.3 Å². The number of rotatable bonds is 7. The Morgan fingerprint density at radius 1 is 0.778 bits per heavy atom. The number of morpholine rings is 1. The molecule has 5 rings (SSSR count). The number of amides is 1. The molecular weight excluding hydrogens is 598 g/mol. The van der Waals surface area contributed by atoms with Crippen molar-refractivity contribution in [3.63, 3.8) is 0 Å². The molecule has 0 radical (unpaired) electrons. The quantitative estimate of drug-likeness (QED) is 0.287. The van der Waals surface area contributed by atoms with Crippen molar-refractivity contribution in [2.45, 2.75) is 50.9 Å². The molecule has 6 nitrogen and oxygen atoms in total. The van der Waals surface area contributed by atoms with E-state index in [1.807, 2.05) is 13.8 Å². The molecule has 0 aliphatic carbocycles. The number of benzene rings is 2. The van der Waals surface area contributed by atoms with Crippen LogP contribution in [0.15, 0.2) is 67.0 Å². The first-order valence-corrected chi connectivity index (χ1v) is 15.0. The van der Waals surface area contributed by atoms with Crippen LogP contribution in [0.2, 0.25) is 0 Å². The number of nitrogens with zero attached hydrogens (tertiary/aromatic N) is 4. The molecule has 0 saturated carbocycles. The molecular formula is C33H36F6N4O2. The molecule has 12 heteroatoms. The second-order valence-electron chi connectivity index (χ2n) is 11.9. The van der Waals surface area contributed by atoms with Crippen LogP contribution in [0.4, 0.5) is 26.3 Å². The first kappa shape index (κ1) is 32.9. The summed E-state index contributed by atoms with van der Waals surface area (Å²) in [7, 11) is 0. The van der Waals surface area contributed by atoms with Crippen LogP contribution >= 0.6 is 0 Å². The maximum Gasteiger partial charge on any atom is 0.416 e. The van der Waals surface area contributed by atoms with Crippen molar-refractivity contribution in [2.75, 3.05) is 45.8 Å². The van der Waals surface area contributed by atoms with Gasteiger partial charge in [0.2, 0.25) is 0 Å². The van der Waals surface area contributed by atoms with Gasteiger partial charge in [-0.15, -0.1) is 0 Å². The summed E-state index contributed by atoms with van der Waals surface area (Å²) in [5.41, 5.74) is -0.479. The van der Waals surface area contributed by atoms with Crippen molar-refractivity contribution >= 4 is 5.91 Å². The van der Waals surface area contributed by atoms with Gasteiger partial charge in [-0.05, 0) is 79.4 Å². The molecule has 0 spiro atoms. The van der Waals surface area contributed by atoms with Gasteiger partial charge in [-0.3, -0.25) is 19.6 Å². The number of carbonyl (C=O) groups excluding carboxylic acids is 1. The lowest BCUT2D eigenvalue weighted by Gasteiger charge is -2.43. The normalized spacial score (nSPS) is 22.0. The number of hydrogen-bond donors (Lipinski definition) is 0. The number of piperazine rings is 1. The van der Waals surface area contributed by atoms with Gasteiger partial charge in [-0.1, -0.05) is 12.1 Å². The minimum absolute atomic E-state index is 0.0983. The fourth-order valence-corrected chi connectivity index (χ4v) is 6.21. The summed E-state index contributed by atoms with van der Waals surface area (Å²) < 4.78 is 87.2. The average Bonchev–Trinajstić information content (AvgIpc) is 2.99. The number of hydrogen-bond acceptors (Lipinski definition) is 5. The molecule has 242 valence electrons. The molecule has 3 atom stereocenters. The number of halogens is 6. The zero-order valence-electron chi connectivity index (χ0n) is 25.1. The predicted octanol–water partition coefficient (Wildman–Crippen LogP) is 6.26. The van der Waals surface area contributed by atoms with E-state index in [9.17, 15) is 31.1 Å². The van der Waals surface area contributed by atoms with Gasteiger partial charge in [0.25, 0.3) is 5.91 Å². The van der Waals surface area contributed by atoms with E-state index >= 15 is 0 Å². The highest BCUT2D eigenvalue weighted by Crippen LogP contribution is 2.34. The summed E-state index contributed by atoms with van der Waals surface area (Å²) in [6.07, 6.45) is -5.75. The monoisotopic (exact) mass is 634 g/mol. The molecule has 2 aromatic carbocycles. The fourth-order valence-electron chi connectivity index (χ4n) is 6.21. The summed E-state index contributed by atoms with van der Waals surface area (Å²) >= 11 is 0. The molecule has 0 bridgehead atoms. The van der Waals surface area contributed by atoms with Crippen molar-refractivity contribution in [1.29, 1.82) is 0 Å². The second-order valence-corrected chi connectivity index (χ2v) is 11.9. The Morgan fingerprint density at radius 3 is 2.02 bits per heavy atom. The van der Waals surface area contributed by atoms with Crippen molar-refractivity contribution in [1.82, 2.24) is 19.7 Å². The third-order valence-electron chi connectivity index (χ3n) is 8.33. The van der Waals surface area contributed by atoms with Crippen LogP contribution in [0, 0.1) is 0 Å². The van der Waals surface area contributed by atoms with Crippen LogP contribution in [-0.4, -0.2) is 89.7 Å². The summed E-state index contributed by atoms with van der Waals surface area (Å²) in [4.78, 5) is 24.0. The maximum absolute atomic E-state index is 14.0. The smallest absolute Gasteiger partial charge is 0.373 e. The molecule has 3 heterocycles. The third-order valence-corrected chi connectivity index (χ3v) is 8.33. The van der Waals surface area contributed by atoms with Crippen LogP contribution < -0.4 is 0 Å². The van der Waals surface area contributed by atoms with E-state index in [1.54, 1.807) is 17.0 Å². The van der Waals surface area contributed by atoms with Crippen LogP contribution in [0.5, 0.6) is 0 Å². The molecule has 2 fully saturated rings. The highest BCUT2D eigenvalue weighted by atomic mass is 19.4. The van der Waals surface area contributed by atoms with Gasteiger partial charge in [-0.2, -0.15) is 26.3 Å². The number of carbonyl (C=O) groups is 1. The zero-order valence-corrected chi connectivity index (χ0v) is 25.1. The molecule has 45 heavy (non-hydrogen) atoms. The summed E-state index contributed by atoms with van der Waals surface area (Å²) in [6.45, 7) is 8.35. The molecule has 2 saturated heterocycles. The van der Waals surface area contributed by atoms with Crippen LogP contribution in [-0.2, 0) is 23.5 Å². The van der Waals surface area contributed by atoms with E-state index in [4.69, 9.17) is 4.74 Å². The van der Waals surface area contributed by atoms with E-state index in [1.165, 1.54) is 30.6 Å². The number of alkyl halides is 6. The van der Waals surface area contributed by atoms with Crippen LogP contribution in [0.3, 0.4) is 0 Å². The Morgan fingerprint density at radius 2 is 1.40 bits per heavy atom. The lowest BCUT2D eigenvalue weighted by molar-refractivity contribution is -0.138. The van der Waals surface area contributed by atoms with Gasteiger partial charge in [-0.25, -0.2) is 0 Å². The van der Waals surface area contributed by atoms with Gasteiger partial charge >= 0.3 is 12.4 Å². The Bertz CT molecular complexity index is 1440. The SMILES string of the molecule is CC1CN(CCN2CCN(C(=O)c3cc(-c4ccncc4)cc(C(F)(F)F)c3)[C@H](Cc3ccc(C(F)(F)F)cc3)C2)CC(C)O1. The van der Waals surface area contributed by atoms with Gasteiger partial charge in [0, 0.05) is 69.8 Å². The highest BCUT2D eigenvalue weighted by molar-refractivity contribution is 5.96. The molecule has 2 aliphatic rings. The minimum Gasteiger partial charge on any atom is -0.373 e. The van der Waals surface area contributed by atoms with Crippen molar-refractivity contribution in [3.8, 4) is 11.1 Å². The molecule has 1 amide bonds. The first-order valence-electron chi connectivity index (χ1n) is 15.0. The van der Waals surface area contributed by atoms with E-state index in [0.29, 0.717) is 30.8 Å². The zero-order chi connectivity index (χ0) is 32.4. The van der Waals surface area contributed by atoms with Gasteiger partial charge < -0.3 is 9.64 Å². The number of ether oxygens (including phenoxy) is 1. The topological polar surface area (TPSA) is 48.9 Å². The summed E-state index contributed by atoms with van der Waals surface area (Å²) in [5.74, 6) is -0.552. The highest BCUT2D eigenvalue weighted by Gasteiger charge is 2.36. The largest absolute Gasteiger partial charge is 0.416 e. The Labute approximate surface area is 258 Å². The van der Waals surface area contributed by atoms with Crippen molar-refractivity contribution in [3.05, 3.63) is 89.2 Å². The average molecular weight is 635 g/mol. The summed E-state index contributed by atoms with van der Waals surface area (Å²) in [6, 6.07) is 10.8. The van der Waals surface area contributed by atoms with Crippen LogP contribution in [0.1, 0.15) is 40.9 Å². The molecule has 2 aliphatic heterocycles. The third kappa shape index (κ3) is 8.42.